The Bertz CT molecular complexity index is 521. The maximum atomic E-state index is 12.1. The van der Waals surface area contributed by atoms with E-state index in [0.717, 1.165) is 12.4 Å². The third kappa shape index (κ3) is 1.84. The molecule has 0 saturated carbocycles. The number of rotatable bonds is 1. The smallest absolute Gasteiger partial charge is 0.290 e. The molecule has 0 amide bonds. The highest BCUT2D eigenvalue weighted by Crippen LogP contribution is 2.25. The third-order valence-electron chi connectivity index (χ3n) is 1.66. The van der Waals surface area contributed by atoms with E-state index in [1.807, 2.05) is 0 Å². The first-order valence-electron chi connectivity index (χ1n) is 3.76. The normalized spacial score (nSPS) is 14.3. The maximum absolute atomic E-state index is 12.1. The average Bonchev–Trinajstić information content (AvgIpc) is 2.61. The van der Waals surface area contributed by atoms with Crippen LogP contribution in [-0.4, -0.2) is 24.1 Å². The molecule has 8 heteroatoms. The van der Waals surface area contributed by atoms with Crippen molar-refractivity contribution in [3.63, 3.8) is 0 Å². The molecule has 15 heavy (non-hydrogen) atoms. The van der Waals surface area contributed by atoms with E-state index in [1.54, 1.807) is 0 Å². The van der Waals surface area contributed by atoms with Gasteiger partial charge >= 0.3 is 5.51 Å². The van der Waals surface area contributed by atoms with E-state index in [1.165, 1.54) is 16.8 Å². The van der Waals surface area contributed by atoms with Crippen molar-refractivity contribution in [3.05, 3.63) is 24.8 Å². The zero-order valence-electron chi connectivity index (χ0n) is 7.10. The van der Waals surface area contributed by atoms with E-state index in [9.17, 15) is 17.4 Å². The largest absolute Gasteiger partial charge is 0.477 e. The lowest BCUT2D eigenvalue weighted by Crippen LogP contribution is -2.17. The molecule has 4 nitrogen and oxygen atoms in total. The van der Waals surface area contributed by atoms with Gasteiger partial charge in [-0.2, -0.15) is 13.2 Å². The number of imidazole rings is 1. The number of fused-ring (bicyclic) bond motifs is 1. The first-order chi connectivity index (χ1) is 6.98. The van der Waals surface area contributed by atoms with Crippen LogP contribution in [0.2, 0.25) is 0 Å². The molecule has 0 aromatic carbocycles. The fraction of sp³-hybridized carbons (Fsp3) is 0.143. The first-order valence-corrected chi connectivity index (χ1v) is 4.91. The minimum Gasteiger partial charge on any atom is -0.290 e. The van der Waals surface area contributed by atoms with Gasteiger partial charge in [-0.1, -0.05) is 0 Å². The summed E-state index contributed by atoms with van der Waals surface area (Å²) in [6, 6.07) is 1.05. The second-order valence-corrected chi connectivity index (χ2v) is 4.05. The number of halogens is 3. The van der Waals surface area contributed by atoms with Gasteiger partial charge in [-0.05, 0) is 0 Å². The zero-order valence-corrected chi connectivity index (χ0v) is 7.92. The van der Waals surface area contributed by atoms with Gasteiger partial charge in [0, 0.05) is 18.5 Å². The van der Waals surface area contributed by atoms with Crippen LogP contribution in [0.1, 0.15) is 0 Å². The highest BCUT2D eigenvalue weighted by atomic mass is 32.2. The summed E-state index contributed by atoms with van der Waals surface area (Å²) in [5.41, 5.74) is -4.52. The first kappa shape index (κ1) is 10.1. The van der Waals surface area contributed by atoms with Crippen molar-refractivity contribution in [2.75, 3.05) is 0 Å². The molecular weight excluding hydrogens is 231 g/mol. The molecule has 0 aliphatic rings. The predicted molar refractivity (Wildman–Crippen MR) is 45.5 cm³/mol. The number of aromatic nitrogens is 3. The minimum absolute atomic E-state index is 0.276. The van der Waals surface area contributed by atoms with Crippen LogP contribution in [0.25, 0.3) is 5.65 Å². The lowest BCUT2D eigenvalue weighted by atomic mass is 10.6. The summed E-state index contributed by atoms with van der Waals surface area (Å²) in [4.78, 5) is 7.21. The molecule has 2 heterocycles. The van der Waals surface area contributed by atoms with E-state index < -0.39 is 21.3 Å². The van der Waals surface area contributed by atoms with Crippen LogP contribution in [0.4, 0.5) is 13.2 Å². The van der Waals surface area contributed by atoms with Crippen LogP contribution in [0, 0.1) is 0 Å². The van der Waals surface area contributed by atoms with Gasteiger partial charge in [0.25, 0.3) is 0 Å². The van der Waals surface area contributed by atoms with Crippen molar-refractivity contribution in [3.8, 4) is 0 Å². The van der Waals surface area contributed by atoms with E-state index in [-0.39, 0.29) is 5.65 Å². The Morgan fingerprint density at radius 2 is 2.07 bits per heavy atom. The average molecular weight is 235 g/mol. The van der Waals surface area contributed by atoms with Crippen LogP contribution in [0.15, 0.2) is 29.8 Å². The second kappa shape index (κ2) is 3.30. The maximum Gasteiger partial charge on any atom is 0.477 e. The van der Waals surface area contributed by atoms with Gasteiger partial charge in [-0.25, -0.2) is 14.2 Å². The molecule has 0 bridgehead atoms. The molecule has 0 N–H and O–H groups in total. The highest BCUT2D eigenvalue weighted by Gasteiger charge is 2.39. The number of hydrogen-bond acceptors (Lipinski definition) is 3. The fourth-order valence-corrected chi connectivity index (χ4v) is 1.61. The monoisotopic (exact) mass is 235 g/mol. The van der Waals surface area contributed by atoms with Crippen molar-refractivity contribution in [1.29, 1.82) is 0 Å². The van der Waals surface area contributed by atoms with Crippen molar-refractivity contribution >= 4 is 16.4 Å². The molecule has 80 valence electrons. The fourth-order valence-electron chi connectivity index (χ4n) is 1.02. The van der Waals surface area contributed by atoms with Gasteiger partial charge in [-0.3, -0.25) is 4.40 Å². The van der Waals surface area contributed by atoms with E-state index in [0.29, 0.717) is 0 Å². The Kier molecular flexibility index (Phi) is 2.22. The Morgan fingerprint density at radius 3 is 2.73 bits per heavy atom. The van der Waals surface area contributed by atoms with Gasteiger partial charge in [0.1, 0.15) is 17.0 Å². The van der Waals surface area contributed by atoms with Gasteiger partial charge in [0.2, 0.25) is 0 Å². The molecule has 0 aliphatic heterocycles. The number of hydrogen-bond donors (Lipinski definition) is 0. The van der Waals surface area contributed by atoms with Crippen LogP contribution in [0.5, 0.6) is 0 Å². The summed E-state index contributed by atoms with van der Waals surface area (Å²) in [6.07, 6.45) is 4.08. The molecule has 0 aliphatic carbocycles. The summed E-state index contributed by atoms with van der Waals surface area (Å²) in [7, 11) is -3.11. The topological polar surface area (TPSA) is 47.3 Å². The van der Waals surface area contributed by atoms with E-state index >= 15 is 0 Å². The minimum atomic E-state index is -4.79. The summed E-state index contributed by atoms with van der Waals surface area (Å²) in [6.45, 7) is 0. The van der Waals surface area contributed by atoms with Gasteiger partial charge in [0.05, 0.1) is 0 Å². The highest BCUT2D eigenvalue weighted by molar-refractivity contribution is 7.85. The zero-order chi connectivity index (χ0) is 11.1. The molecule has 2 aromatic rings. The molecule has 1 unspecified atom stereocenters. The SMILES string of the molecule is O=S(c1cc2nccn2cn1)C(F)(F)F. The van der Waals surface area contributed by atoms with Gasteiger partial charge in [-0.15, -0.1) is 0 Å². The summed E-state index contributed by atoms with van der Waals surface area (Å²) < 4.78 is 48.6. The lowest BCUT2D eigenvalue weighted by molar-refractivity contribution is -0.0386. The third-order valence-corrected chi connectivity index (χ3v) is 2.68. The summed E-state index contributed by atoms with van der Waals surface area (Å²) >= 11 is 0. The number of nitrogens with zero attached hydrogens (tertiary/aromatic N) is 3. The Hall–Kier alpha value is -1.44. The van der Waals surface area contributed by atoms with Crippen molar-refractivity contribution < 1.29 is 17.4 Å². The molecule has 0 saturated heterocycles. The standard InChI is InChI=1S/C7H4F3N3OS/c8-7(9,10)15(14)6-3-5-11-1-2-13(5)4-12-6/h1-4H. The Labute approximate surface area is 84.2 Å². The molecular formula is C7H4F3N3OS. The Morgan fingerprint density at radius 1 is 1.33 bits per heavy atom. The summed E-state index contributed by atoms with van der Waals surface area (Å²) in [5.74, 6) is 0. The molecule has 0 fully saturated rings. The summed E-state index contributed by atoms with van der Waals surface area (Å²) in [5, 5.41) is -0.541. The van der Waals surface area contributed by atoms with Crippen molar-refractivity contribution in [2.24, 2.45) is 0 Å². The van der Waals surface area contributed by atoms with Crippen LogP contribution in [0.3, 0.4) is 0 Å². The molecule has 0 spiro atoms. The quantitative estimate of drug-likeness (QED) is 0.701. The Balaban J connectivity index is 2.49. The van der Waals surface area contributed by atoms with Crippen LogP contribution >= 0.6 is 0 Å². The molecule has 1 atom stereocenters. The van der Waals surface area contributed by atoms with E-state index in [4.69, 9.17) is 0 Å². The van der Waals surface area contributed by atoms with Gasteiger partial charge in [0.15, 0.2) is 10.8 Å². The second-order valence-electron chi connectivity index (χ2n) is 2.63. The molecule has 0 radical (unpaired) electrons. The van der Waals surface area contributed by atoms with E-state index in [2.05, 4.69) is 9.97 Å². The van der Waals surface area contributed by atoms with Crippen molar-refractivity contribution in [1.82, 2.24) is 14.4 Å². The van der Waals surface area contributed by atoms with Gasteiger partial charge < -0.3 is 0 Å². The predicted octanol–water partition coefficient (Wildman–Crippen LogP) is 1.36. The van der Waals surface area contributed by atoms with Crippen LogP contribution < -0.4 is 0 Å². The van der Waals surface area contributed by atoms with Crippen LogP contribution in [-0.2, 0) is 10.8 Å². The molecule has 2 rings (SSSR count). The van der Waals surface area contributed by atoms with Crippen molar-refractivity contribution in [2.45, 2.75) is 10.5 Å². The molecule has 2 aromatic heterocycles. The number of alkyl halides is 3. The lowest BCUT2D eigenvalue weighted by Gasteiger charge is -2.04.